The topological polar surface area (TPSA) is 36.8 Å². The summed E-state index contributed by atoms with van der Waals surface area (Å²) in [5.41, 5.74) is 2.47. The van der Waals surface area contributed by atoms with Crippen molar-refractivity contribution in [3.05, 3.63) is 0 Å². The van der Waals surface area contributed by atoms with E-state index in [0.29, 0.717) is 0 Å². The van der Waals surface area contributed by atoms with Gasteiger partial charge in [-0.3, -0.25) is 10.4 Å². The third-order valence-electron chi connectivity index (χ3n) is 0.423. The van der Waals surface area contributed by atoms with Gasteiger partial charge in [0.05, 0.1) is 0 Å². The van der Waals surface area contributed by atoms with E-state index in [4.69, 9.17) is 0 Å². The molecule has 0 radical (unpaired) electrons. The molecule has 0 aliphatic rings. The highest BCUT2D eigenvalue weighted by Gasteiger charge is 1.59. The van der Waals surface area contributed by atoms with Gasteiger partial charge < -0.3 is 0 Å². The van der Waals surface area contributed by atoms with Crippen LogP contribution in [-0.2, 0) is 0 Å². The van der Waals surface area contributed by atoms with E-state index in [9.17, 15) is 0 Å². The van der Waals surface area contributed by atoms with Crippen molar-refractivity contribution < 1.29 is 0 Å². The predicted octanol–water partition coefficient (Wildman–Crippen LogP) is 0.240. The molecule has 0 aliphatic carbocycles. The van der Waals surface area contributed by atoms with Gasteiger partial charge in [0.1, 0.15) is 6.34 Å². The number of aliphatic imine (C=N–C) groups is 1. The summed E-state index contributed by atoms with van der Waals surface area (Å²) in [5, 5.41) is 3.32. The molecule has 1 N–H and O–H groups in total. The molecule has 0 saturated carbocycles. The van der Waals surface area contributed by atoms with Crippen LogP contribution in [0.15, 0.2) is 10.1 Å². The second-order valence-corrected chi connectivity index (χ2v) is 0.915. The molecular formula is C4H9N3. The van der Waals surface area contributed by atoms with Crippen LogP contribution in [0.1, 0.15) is 6.92 Å². The van der Waals surface area contributed by atoms with Crippen LogP contribution in [0, 0.1) is 0 Å². The number of hydrogen-bond acceptors (Lipinski definition) is 2. The Kier molecular flexibility index (Phi) is 4.51. The van der Waals surface area contributed by atoms with Crippen molar-refractivity contribution >= 4 is 13.1 Å². The van der Waals surface area contributed by atoms with Crippen molar-refractivity contribution in [3.8, 4) is 0 Å². The molecule has 0 aromatic carbocycles. The van der Waals surface area contributed by atoms with Crippen LogP contribution in [0.2, 0.25) is 0 Å². The molecule has 0 amide bonds. The van der Waals surface area contributed by atoms with Crippen LogP contribution >= 0.6 is 0 Å². The predicted molar refractivity (Wildman–Crippen MR) is 31.7 cm³/mol. The fourth-order valence-electron chi connectivity index (χ4n) is 0.173. The number of rotatable bonds is 3. The summed E-state index contributed by atoms with van der Waals surface area (Å²) in [4.78, 5) is 3.79. The quantitative estimate of drug-likeness (QED) is 0.307. The molecular weight excluding hydrogens is 90.1 g/mol. The summed E-state index contributed by atoms with van der Waals surface area (Å²) in [6, 6.07) is 0. The van der Waals surface area contributed by atoms with Gasteiger partial charge in [-0.25, -0.2) is 0 Å². The van der Waals surface area contributed by atoms with Crippen LogP contribution in [0.5, 0.6) is 0 Å². The average molecular weight is 99.1 g/mol. The molecule has 40 valence electrons. The lowest BCUT2D eigenvalue weighted by atomic mass is 10.8. The largest absolute Gasteiger partial charge is 0.274 e. The summed E-state index contributed by atoms with van der Waals surface area (Å²) in [7, 11) is 0. The molecule has 0 unspecified atom stereocenters. The summed E-state index contributed by atoms with van der Waals surface area (Å²) in [6.07, 6.45) is 1.51. The summed E-state index contributed by atoms with van der Waals surface area (Å²) < 4.78 is 0. The lowest BCUT2D eigenvalue weighted by molar-refractivity contribution is 1.03. The highest BCUT2D eigenvalue weighted by Crippen LogP contribution is 1.57. The summed E-state index contributed by atoms with van der Waals surface area (Å²) in [6.45, 7) is 5.91. The number of hydrazone groups is 1. The zero-order valence-electron chi connectivity index (χ0n) is 4.39. The Morgan fingerprint density at radius 3 is 3.00 bits per heavy atom. The number of hydrogen-bond donors (Lipinski definition) is 1. The van der Waals surface area contributed by atoms with Crippen molar-refractivity contribution in [3.63, 3.8) is 0 Å². The van der Waals surface area contributed by atoms with E-state index >= 15 is 0 Å². The van der Waals surface area contributed by atoms with Crippen LogP contribution in [0.3, 0.4) is 0 Å². The molecule has 0 aromatic rings. The molecule has 0 aliphatic heterocycles. The Balaban J connectivity index is 2.92. The van der Waals surface area contributed by atoms with E-state index in [-0.39, 0.29) is 0 Å². The molecule has 3 heteroatoms. The second kappa shape index (κ2) is 5.14. The Bertz CT molecular complexity index is 67.3. The molecule has 7 heavy (non-hydrogen) atoms. The fraction of sp³-hybridized carbons (Fsp3) is 0.500. The van der Waals surface area contributed by atoms with Crippen molar-refractivity contribution in [2.75, 3.05) is 6.54 Å². The molecule has 0 saturated heterocycles. The van der Waals surface area contributed by atoms with Crippen molar-refractivity contribution in [2.45, 2.75) is 6.92 Å². The third-order valence-corrected chi connectivity index (χ3v) is 0.423. The van der Waals surface area contributed by atoms with E-state index in [1.54, 1.807) is 0 Å². The summed E-state index contributed by atoms with van der Waals surface area (Å²) >= 11 is 0. The zero-order valence-corrected chi connectivity index (χ0v) is 4.39. The van der Waals surface area contributed by atoms with Crippen molar-refractivity contribution in [1.82, 2.24) is 5.43 Å². The minimum Gasteiger partial charge on any atom is -0.274 e. The second-order valence-electron chi connectivity index (χ2n) is 0.915. The van der Waals surface area contributed by atoms with Crippen LogP contribution in [0.25, 0.3) is 0 Å². The lowest BCUT2D eigenvalue weighted by Crippen LogP contribution is -1.98. The molecule has 0 heterocycles. The van der Waals surface area contributed by atoms with Crippen LogP contribution < -0.4 is 5.43 Å². The van der Waals surface area contributed by atoms with Gasteiger partial charge in [-0.2, -0.15) is 5.10 Å². The molecule has 0 atom stereocenters. The summed E-state index contributed by atoms with van der Waals surface area (Å²) in [5.74, 6) is 0. The maximum Gasteiger partial charge on any atom is 0.103 e. The average Bonchev–Trinajstić information content (AvgIpc) is 1.69. The maximum absolute atomic E-state index is 3.79. The van der Waals surface area contributed by atoms with E-state index in [1.165, 1.54) is 6.34 Å². The van der Waals surface area contributed by atoms with Gasteiger partial charge in [0.25, 0.3) is 0 Å². The van der Waals surface area contributed by atoms with Crippen molar-refractivity contribution in [2.24, 2.45) is 10.1 Å². The Hall–Kier alpha value is -0.860. The smallest absolute Gasteiger partial charge is 0.103 e. The highest BCUT2D eigenvalue weighted by molar-refractivity contribution is 5.54. The first-order chi connectivity index (χ1) is 3.41. The zero-order chi connectivity index (χ0) is 5.54. The SMILES string of the molecule is C=NNC=NCC. The molecule has 3 nitrogen and oxygen atoms in total. The van der Waals surface area contributed by atoms with Gasteiger partial charge in [0, 0.05) is 13.3 Å². The first-order valence-corrected chi connectivity index (χ1v) is 2.11. The third kappa shape index (κ3) is 5.14. The number of nitrogens with zero attached hydrogens (tertiary/aromatic N) is 2. The van der Waals surface area contributed by atoms with Gasteiger partial charge in [0.15, 0.2) is 0 Å². The first kappa shape index (κ1) is 6.14. The Labute approximate surface area is 43.1 Å². The fourth-order valence-corrected chi connectivity index (χ4v) is 0.173. The van der Waals surface area contributed by atoms with Gasteiger partial charge in [-0.05, 0) is 6.92 Å². The molecule has 0 aromatic heterocycles. The van der Waals surface area contributed by atoms with E-state index in [1.807, 2.05) is 6.92 Å². The Morgan fingerprint density at radius 2 is 2.57 bits per heavy atom. The van der Waals surface area contributed by atoms with Gasteiger partial charge >= 0.3 is 0 Å². The van der Waals surface area contributed by atoms with Crippen molar-refractivity contribution in [1.29, 1.82) is 0 Å². The Morgan fingerprint density at radius 1 is 1.86 bits per heavy atom. The van der Waals surface area contributed by atoms with Crippen LogP contribution in [-0.4, -0.2) is 19.6 Å². The highest BCUT2D eigenvalue weighted by atomic mass is 15.3. The van der Waals surface area contributed by atoms with E-state index in [2.05, 4.69) is 22.2 Å². The number of nitrogens with one attached hydrogen (secondary N) is 1. The maximum atomic E-state index is 3.79. The van der Waals surface area contributed by atoms with E-state index < -0.39 is 0 Å². The molecule has 0 spiro atoms. The first-order valence-electron chi connectivity index (χ1n) is 2.11. The van der Waals surface area contributed by atoms with E-state index in [0.717, 1.165) is 6.54 Å². The van der Waals surface area contributed by atoms with Crippen LogP contribution in [0.4, 0.5) is 0 Å². The lowest BCUT2D eigenvalue weighted by Gasteiger charge is -1.81. The standard InChI is InChI=1S/C4H9N3/c1-3-6-4-7-5-2/h4H,2-3H2,1H3,(H,6,7). The minimum atomic E-state index is 0.780. The molecule has 0 bridgehead atoms. The van der Waals surface area contributed by atoms with Gasteiger partial charge in [-0.1, -0.05) is 0 Å². The molecule has 0 fully saturated rings. The normalized spacial score (nSPS) is 9.29. The minimum absolute atomic E-state index is 0.780. The van der Waals surface area contributed by atoms with Gasteiger partial charge in [0.2, 0.25) is 0 Å². The van der Waals surface area contributed by atoms with Gasteiger partial charge in [-0.15, -0.1) is 0 Å². The monoisotopic (exact) mass is 99.1 g/mol. The molecule has 0 rings (SSSR count).